The first-order valence-electron chi connectivity index (χ1n) is 19.8. The standard InChI is InChI=1S/C40H64O10Si2/c1-35(2,3)51(9,10)49-26-24-39(34(42)44-8)28(31-29(26)45-37(47-31)19-15-13-16-20-37)27-25(33(41)43-7)23-40(39,50-52(11,12)36(4,5)6)32-30(27)46-38(48-32)21-17-14-18-22-38/h23-24,27-32H,13-22H2,1-12H3/t27-,28+,29+,30-,31-,32-,39-,40+/m0/s1. The maximum atomic E-state index is 15.3. The molecule has 8 rings (SSSR count). The molecule has 2 bridgehead atoms. The van der Waals surface area contributed by atoms with Gasteiger partial charge in [-0.15, -0.1) is 0 Å². The third-order valence-corrected chi connectivity index (χ3v) is 23.5. The molecule has 0 amide bonds. The van der Waals surface area contributed by atoms with Crippen molar-refractivity contribution in [2.24, 2.45) is 17.3 Å². The molecule has 2 saturated heterocycles. The molecule has 2 spiro atoms. The summed E-state index contributed by atoms with van der Waals surface area (Å²) < 4.78 is 55.4. The van der Waals surface area contributed by atoms with Gasteiger partial charge in [0.2, 0.25) is 8.32 Å². The zero-order valence-electron chi connectivity index (χ0n) is 33.8. The molecular formula is C40H64O10Si2. The van der Waals surface area contributed by atoms with Gasteiger partial charge >= 0.3 is 11.9 Å². The number of carbonyl (C=O) groups is 2. The van der Waals surface area contributed by atoms with Crippen molar-refractivity contribution >= 4 is 28.6 Å². The number of carbonyl (C=O) groups excluding carboxylic acids is 2. The van der Waals surface area contributed by atoms with E-state index < -0.39 is 87.4 Å². The van der Waals surface area contributed by atoms with E-state index in [0.29, 0.717) is 11.3 Å². The zero-order chi connectivity index (χ0) is 37.9. The molecule has 12 heteroatoms. The molecule has 0 radical (unpaired) electrons. The Morgan fingerprint density at radius 3 is 1.77 bits per heavy atom. The average molecular weight is 761 g/mol. The van der Waals surface area contributed by atoms with E-state index in [1.54, 1.807) is 0 Å². The van der Waals surface area contributed by atoms with Gasteiger partial charge in [-0.25, -0.2) is 4.79 Å². The molecule has 5 fully saturated rings. The molecule has 0 unspecified atom stereocenters. The van der Waals surface area contributed by atoms with E-state index in [2.05, 4.69) is 67.7 Å². The summed E-state index contributed by atoms with van der Waals surface area (Å²) in [7, 11) is -2.43. The fraction of sp³-hybridized carbons (Fsp3) is 0.850. The lowest BCUT2D eigenvalue weighted by Crippen LogP contribution is -2.79. The van der Waals surface area contributed by atoms with Crippen molar-refractivity contribution < 1.29 is 46.9 Å². The predicted molar refractivity (Wildman–Crippen MR) is 200 cm³/mol. The third kappa shape index (κ3) is 5.53. The van der Waals surface area contributed by atoms with Gasteiger partial charge in [0.15, 0.2) is 19.9 Å². The first-order valence-corrected chi connectivity index (χ1v) is 25.7. The Kier molecular flexibility index (Phi) is 9.29. The maximum Gasteiger partial charge on any atom is 0.333 e. The molecule has 10 nitrogen and oxygen atoms in total. The summed E-state index contributed by atoms with van der Waals surface area (Å²) in [4.78, 5) is 29.4. The van der Waals surface area contributed by atoms with Gasteiger partial charge in [-0.1, -0.05) is 54.4 Å². The Hall–Kier alpha value is -1.55. The van der Waals surface area contributed by atoms with Crippen LogP contribution >= 0.6 is 0 Å². The van der Waals surface area contributed by atoms with Gasteiger partial charge in [0.1, 0.15) is 29.0 Å². The third-order valence-electron chi connectivity index (χ3n) is 14.6. The number of hydrogen-bond donors (Lipinski definition) is 0. The summed E-state index contributed by atoms with van der Waals surface area (Å²) in [6, 6.07) is 0. The van der Waals surface area contributed by atoms with Crippen LogP contribution in [0.25, 0.3) is 0 Å². The summed E-state index contributed by atoms with van der Waals surface area (Å²) in [5, 5.41) is -0.402. The van der Waals surface area contributed by atoms with Crippen molar-refractivity contribution in [3.8, 4) is 0 Å². The fourth-order valence-corrected chi connectivity index (χ4v) is 12.5. The molecule has 292 valence electrons. The number of esters is 2. The number of hydrogen-bond acceptors (Lipinski definition) is 10. The van der Waals surface area contributed by atoms with E-state index in [-0.39, 0.29) is 10.1 Å². The second kappa shape index (κ2) is 12.5. The normalized spacial score (nSPS) is 37.8. The molecular weight excluding hydrogens is 697 g/mol. The Balaban J connectivity index is 1.55. The van der Waals surface area contributed by atoms with Crippen molar-refractivity contribution in [1.82, 2.24) is 0 Å². The van der Waals surface area contributed by atoms with Crippen LogP contribution in [0.4, 0.5) is 0 Å². The van der Waals surface area contributed by atoms with Crippen LogP contribution in [0.2, 0.25) is 36.3 Å². The van der Waals surface area contributed by atoms with E-state index in [0.717, 1.165) is 64.2 Å². The molecule has 0 aromatic heterocycles. The number of rotatable bonds is 6. The highest BCUT2D eigenvalue weighted by atomic mass is 28.4. The fourth-order valence-electron chi connectivity index (χ4n) is 9.98. The Labute approximate surface area is 313 Å². The highest BCUT2D eigenvalue weighted by Gasteiger charge is 2.83. The lowest BCUT2D eigenvalue weighted by Gasteiger charge is -2.66. The molecule has 8 atom stereocenters. The van der Waals surface area contributed by atoms with Crippen LogP contribution in [0, 0.1) is 17.3 Å². The summed E-state index contributed by atoms with van der Waals surface area (Å²) in [6.45, 7) is 22.0. The van der Waals surface area contributed by atoms with Crippen molar-refractivity contribution in [2.75, 3.05) is 14.2 Å². The maximum absolute atomic E-state index is 15.3. The highest BCUT2D eigenvalue weighted by molar-refractivity contribution is 6.74. The van der Waals surface area contributed by atoms with Crippen molar-refractivity contribution in [1.29, 1.82) is 0 Å². The Morgan fingerprint density at radius 2 is 1.25 bits per heavy atom. The summed E-state index contributed by atoms with van der Waals surface area (Å²) >= 11 is 0. The van der Waals surface area contributed by atoms with Crippen LogP contribution in [0.5, 0.6) is 0 Å². The molecule has 0 aromatic rings. The first kappa shape index (κ1) is 38.7. The van der Waals surface area contributed by atoms with Gasteiger partial charge in [0.05, 0.1) is 26.4 Å². The molecule has 2 heterocycles. The van der Waals surface area contributed by atoms with Crippen LogP contribution < -0.4 is 0 Å². The van der Waals surface area contributed by atoms with Gasteiger partial charge in [-0.3, -0.25) is 4.79 Å². The smallest absolute Gasteiger partial charge is 0.333 e. The predicted octanol–water partition coefficient (Wildman–Crippen LogP) is 8.07. The average Bonchev–Trinajstić information content (AvgIpc) is 3.62. The van der Waals surface area contributed by atoms with Crippen molar-refractivity contribution in [3.63, 3.8) is 0 Å². The minimum absolute atomic E-state index is 0.139. The monoisotopic (exact) mass is 760 g/mol. The number of methoxy groups -OCH3 is 2. The molecule has 6 aliphatic carbocycles. The van der Waals surface area contributed by atoms with Crippen LogP contribution in [0.3, 0.4) is 0 Å². The lowest BCUT2D eigenvalue weighted by molar-refractivity contribution is -0.239. The first-order chi connectivity index (χ1) is 24.1. The topological polar surface area (TPSA) is 108 Å². The van der Waals surface area contributed by atoms with Crippen LogP contribution in [-0.2, 0) is 46.9 Å². The number of fused-ring (bicyclic) bond motifs is 1. The second-order valence-corrected chi connectivity index (χ2v) is 29.2. The Bertz CT molecular complexity index is 1510. The quantitative estimate of drug-likeness (QED) is 0.195. The molecule has 0 aromatic carbocycles. The molecule has 3 saturated carbocycles. The van der Waals surface area contributed by atoms with Gasteiger partial charge < -0.3 is 37.3 Å². The van der Waals surface area contributed by atoms with E-state index in [4.69, 9.17) is 37.3 Å². The van der Waals surface area contributed by atoms with Crippen molar-refractivity contribution in [3.05, 3.63) is 23.5 Å². The molecule has 2 aliphatic heterocycles. The lowest BCUT2D eigenvalue weighted by atomic mass is 9.44. The number of ether oxygens (including phenoxy) is 6. The van der Waals surface area contributed by atoms with E-state index in [9.17, 15) is 4.79 Å². The van der Waals surface area contributed by atoms with Gasteiger partial charge in [-0.2, -0.15) is 0 Å². The van der Waals surface area contributed by atoms with E-state index in [1.165, 1.54) is 14.2 Å². The van der Waals surface area contributed by atoms with Crippen molar-refractivity contribution in [2.45, 2.75) is 184 Å². The van der Waals surface area contributed by atoms with Gasteiger partial charge in [0, 0.05) is 43.1 Å². The minimum atomic E-state index is -2.78. The second-order valence-electron chi connectivity index (χ2n) is 19.8. The minimum Gasteiger partial charge on any atom is -0.545 e. The molecule has 52 heavy (non-hydrogen) atoms. The molecule has 0 N–H and O–H groups in total. The van der Waals surface area contributed by atoms with E-state index in [1.807, 2.05) is 12.2 Å². The summed E-state index contributed by atoms with van der Waals surface area (Å²) in [5.41, 5.74) is -2.58. The van der Waals surface area contributed by atoms with E-state index >= 15 is 4.79 Å². The SMILES string of the molecule is COC(=O)C1=C[C@@]2(O[Si](C)(C)C(C)(C)C)[C@H]3OC4(CCCCC4)O[C@H]3[C@@H]1[C@@H]1[C@@H]3OC4(CCCCC4)O[C@@H]3C(O[Si](C)(C)C(C)(C)C)=C[C@@]12C(=O)OC. The zero-order valence-corrected chi connectivity index (χ0v) is 35.8. The Morgan fingerprint density at radius 1 is 0.712 bits per heavy atom. The summed E-state index contributed by atoms with van der Waals surface area (Å²) in [5.74, 6) is -3.29. The van der Waals surface area contributed by atoms with Gasteiger partial charge in [0.25, 0.3) is 0 Å². The van der Waals surface area contributed by atoms with Crippen LogP contribution in [0.15, 0.2) is 23.5 Å². The van der Waals surface area contributed by atoms with Gasteiger partial charge in [-0.05, 0) is 74.1 Å². The largest absolute Gasteiger partial charge is 0.545 e. The highest BCUT2D eigenvalue weighted by Crippen LogP contribution is 2.71. The summed E-state index contributed by atoms with van der Waals surface area (Å²) in [6.07, 6.45) is 10.4. The molecule has 8 aliphatic rings. The van der Waals surface area contributed by atoms with Crippen LogP contribution in [0.1, 0.15) is 106 Å². The van der Waals surface area contributed by atoms with Crippen LogP contribution in [-0.4, -0.2) is 84.4 Å².